The predicted molar refractivity (Wildman–Crippen MR) is 122 cm³/mol. The summed E-state index contributed by atoms with van der Waals surface area (Å²) in [4.78, 5) is 18.1. The first-order chi connectivity index (χ1) is 14.5. The second kappa shape index (κ2) is 8.53. The number of nitro groups is 1. The maximum absolute atomic E-state index is 11.7. The Kier molecular flexibility index (Phi) is 5.65. The first-order valence-electron chi connectivity index (χ1n) is 10.4. The van der Waals surface area contributed by atoms with Crippen LogP contribution in [0.4, 0.5) is 22.7 Å². The lowest BCUT2D eigenvalue weighted by atomic mass is 10.0. The third-order valence-corrected chi connectivity index (χ3v) is 5.73. The molecule has 1 N–H and O–H groups in total. The molecule has 4 rings (SSSR count). The van der Waals surface area contributed by atoms with Crippen molar-refractivity contribution in [3.05, 3.63) is 76.0 Å². The zero-order chi connectivity index (χ0) is 21.1. The van der Waals surface area contributed by atoms with Crippen molar-refractivity contribution in [2.75, 3.05) is 23.3 Å². The second-order valence-electron chi connectivity index (χ2n) is 7.86. The van der Waals surface area contributed by atoms with E-state index in [-0.39, 0.29) is 10.6 Å². The zero-order valence-corrected chi connectivity index (χ0v) is 17.4. The number of nitro benzene ring substituents is 1. The van der Waals surface area contributed by atoms with Gasteiger partial charge in [-0.15, -0.1) is 0 Å². The lowest BCUT2D eigenvalue weighted by Crippen LogP contribution is -2.29. The fourth-order valence-corrected chi connectivity index (χ4v) is 3.88. The molecule has 3 aromatic rings. The van der Waals surface area contributed by atoms with Crippen LogP contribution >= 0.6 is 0 Å². The van der Waals surface area contributed by atoms with Crippen LogP contribution in [0, 0.1) is 24.0 Å². The van der Waals surface area contributed by atoms with E-state index in [1.54, 1.807) is 12.3 Å². The van der Waals surface area contributed by atoms with Gasteiger partial charge in [-0.1, -0.05) is 6.07 Å². The second-order valence-corrected chi connectivity index (χ2v) is 7.86. The van der Waals surface area contributed by atoms with E-state index in [9.17, 15) is 10.1 Å². The van der Waals surface area contributed by atoms with E-state index in [2.05, 4.69) is 41.2 Å². The van der Waals surface area contributed by atoms with Crippen LogP contribution in [0.25, 0.3) is 11.3 Å². The van der Waals surface area contributed by atoms with Crippen molar-refractivity contribution in [1.29, 1.82) is 0 Å². The van der Waals surface area contributed by atoms with Gasteiger partial charge in [-0.25, -0.2) is 0 Å². The van der Waals surface area contributed by atoms with Crippen LogP contribution < -0.4 is 10.2 Å². The van der Waals surface area contributed by atoms with E-state index in [4.69, 9.17) is 0 Å². The Labute approximate surface area is 176 Å². The van der Waals surface area contributed by atoms with Crippen LogP contribution in [0.15, 0.2) is 54.7 Å². The lowest BCUT2D eigenvalue weighted by molar-refractivity contribution is -0.384. The van der Waals surface area contributed by atoms with E-state index >= 15 is 0 Å². The molecule has 30 heavy (non-hydrogen) atoms. The van der Waals surface area contributed by atoms with Gasteiger partial charge in [0.2, 0.25) is 0 Å². The molecule has 154 valence electrons. The Balaban J connectivity index is 1.69. The topological polar surface area (TPSA) is 71.3 Å². The van der Waals surface area contributed by atoms with Gasteiger partial charge in [0.1, 0.15) is 0 Å². The number of hydrogen-bond donors (Lipinski definition) is 1. The average molecular weight is 402 g/mol. The minimum atomic E-state index is -0.333. The van der Waals surface area contributed by atoms with Gasteiger partial charge in [0.25, 0.3) is 5.69 Å². The summed E-state index contributed by atoms with van der Waals surface area (Å²) >= 11 is 0. The normalized spacial score (nSPS) is 13.9. The molecule has 0 atom stereocenters. The minimum Gasteiger partial charge on any atom is -0.372 e. The summed E-state index contributed by atoms with van der Waals surface area (Å²) in [6, 6.07) is 15.3. The molecule has 6 nitrogen and oxygen atoms in total. The summed E-state index contributed by atoms with van der Waals surface area (Å²) in [5.41, 5.74) is 6.51. The van der Waals surface area contributed by atoms with Crippen LogP contribution in [0.3, 0.4) is 0 Å². The Morgan fingerprint density at radius 1 is 0.933 bits per heavy atom. The van der Waals surface area contributed by atoms with Gasteiger partial charge < -0.3 is 10.2 Å². The molecule has 1 fully saturated rings. The maximum Gasteiger partial charge on any atom is 0.278 e. The number of aryl methyl sites for hydroxylation is 2. The van der Waals surface area contributed by atoms with Gasteiger partial charge in [0, 0.05) is 42.4 Å². The van der Waals surface area contributed by atoms with E-state index in [1.165, 1.54) is 17.5 Å². The van der Waals surface area contributed by atoms with Crippen LogP contribution in [-0.4, -0.2) is 23.0 Å². The van der Waals surface area contributed by atoms with Gasteiger partial charge in [-0.05, 0) is 80.6 Å². The van der Waals surface area contributed by atoms with Crippen LogP contribution in [0.1, 0.15) is 30.4 Å². The summed E-state index contributed by atoms with van der Waals surface area (Å²) in [6.07, 6.45) is 5.24. The van der Waals surface area contributed by atoms with Crippen molar-refractivity contribution in [1.82, 2.24) is 4.98 Å². The number of nitrogens with zero attached hydrogens (tertiary/aromatic N) is 3. The van der Waals surface area contributed by atoms with Crippen molar-refractivity contribution in [2.24, 2.45) is 0 Å². The van der Waals surface area contributed by atoms with Gasteiger partial charge in [-0.2, -0.15) is 0 Å². The molecule has 0 aliphatic carbocycles. The summed E-state index contributed by atoms with van der Waals surface area (Å²) in [5, 5.41) is 15.1. The molecule has 6 heteroatoms. The Hall–Kier alpha value is -3.41. The maximum atomic E-state index is 11.7. The number of nitrogens with one attached hydrogen (secondary N) is 1. The molecular weight excluding hydrogens is 376 g/mol. The third kappa shape index (κ3) is 4.27. The molecule has 0 bridgehead atoms. The molecule has 0 amide bonds. The zero-order valence-electron chi connectivity index (χ0n) is 17.4. The van der Waals surface area contributed by atoms with Crippen molar-refractivity contribution >= 4 is 22.7 Å². The van der Waals surface area contributed by atoms with Crippen LogP contribution in [0.2, 0.25) is 0 Å². The number of anilines is 3. The van der Waals surface area contributed by atoms with E-state index in [0.717, 1.165) is 43.0 Å². The smallest absolute Gasteiger partial charge is 0.278 e. The Morgan fingerprint density at radius 2 is 1.70 bits per heavy atom. The molecule has 1 aliphatic rings. The highest BCUT2D eigenvalue weighted by atomic mass is 16.6. The number of pyridine rings is 1. The van der Waals surface area contributed by atoms with E-state index < -0.39 is 0 Å². The molecule has 0 spiro atoms. The largest absolute Gasteiger partial charge is 0.372 e. The molecule has 2 heterocycles. The highest BCUT2D eigenvalue weighted by Gasteiger charge is 2.20. The lowest BCUT2D eigenvalue weighted by Gasteiger charge is -2.29. The molecule has 0 radical (unpaired) electrons. The molecule has 1 aliphatic heterocycles. The van der Waals surface area contributed by atoms with Gasteiger partial charge in [0.05, 0.1) is 16.2 Å². The summed E-state index contributed by atoms with van der Waals surface area (Å²) in [5.74, 6) is 0. The third-order valence-electron chi connectivity index (χ3n) is 5.73. The van der Waals surface area contributed by atoms with Crippen LogP contribution in [-0.2, 0) is 0 Å². The molecule has 2 aromatic carbocycles. The monoisotopic (exact) mass is 402 g/mol. The number of aromatic nitrogens is 1. The minimum absolute atomic E-state index is 0.0755. The molecule has 1 aromatic heterocycles. The number of rotatable bonds is 5. The number of hydrogen-bond acceptors (Lipinski definition) is 5. The Bertz CT molecular complexity index is 1070. The fraction of sp³-hybridized carbons (Fsp3) is 0.292. The van der Waals surface area contributed by atoms with Crippen molar-refractivity contribution in [3.8, 4) is 11.3 Å². The van der Waals surface area contributed by atoms with Crippen molar-refractivity contribution in [3.63, 3.8) is 0 Å². The summed E-state index contributed by atoms with van der Waals surface area (Å²) < 4.78 is 0. The molecule has 0 saturated carbocycles. The number of piperidine rings is 1. The molecular formula is C24H26N4O2. The predicted octanol–water partition coefficient (Wildman–Crippen LogP) is 6.01. The average Bonchev–Trinajstić information content (AvgIpc) is 2.76. The fourth-order valence-electron chi connectivity index (χ4n) is 3.88. The van der Waals surface area contributed by atoms with Gasteiger partial charge >= 0.3 is 0 Å². The van der Waals surface area contributed by atoms with Crippen LogP contribution in [0.5, 0.6) is 0 Å². The standard InChI is InChI=1S/C24H26N4O2/c1-17-6-7-19(14-18(17)2)26-20-10-11-25-23(15-20)22-16-21(8-9-24(22)28(29)30)27-12-4-3-5-13-27/h6-11,14-16H,3-5,12-13H2,1-2H3,(H,25,26). The van der Waals surface area contributed by atoms with Gasteiger partial charge in [-0.3, -0.25) is 15.1 Å². The van der Waals surface area contributed by atoms with Crippen molar-refractivity contribution < 1.29 is 4.92 Å². The summed E-state index contributed by atoms with van der Waals surface area (Å²) in [6.45, 7) is 6.13. The van der Waals surface area contributed by atoms with Gasteiger partial charge in [0.15, 0.2) is 0 Å². The SMILES string of the molecule is Cc1ccc(Nc2ccnc(-c3cc(N4CCCCC4)ccc3[N+](=O)[O-])c2)cc1C. The van der Waals surface area contributed by atoms with E-state index in [0.29, 0.717) is 11.3 Å². The first kappa shape index (κ1) is 19.9. The Morgan fingerprint density at radius 3 is 2.43 bits per heavy atom. The summed E-state index contributed by atoms with van der Waals surface area (Å²) in [7, 11) is 0. The highest BCUT2D eigenvalue weighted by Crippen LogP contribution is 2.34. The number of benzene rings is 2. The first-order valence-corrected chi connectivity index (χ1v) is 10.4. The quantitative estimate of drug-likeness (QED) is 0.418. The van der Waals surface area contributed by atoms with Crippen molar-refractivity contribution in [2.45, 2.75) is 33.1 Å². The van der Waals surface area contributed by atoms with E-state index in [1.807, 2.05) is 30.3 Å². The highest BCUT2D eigenvalue weighted by molar-refractivity contribution is 5.78. The molecule has 0 unspecified atom stereocenters. The molecule has 1 saturated heterocycles.